The number of hydrogen-bond acceptors (Lipinski definition) is 2. The van der Waals surface area contributed by atoms with Crippen molar-refractivity contribution in [3.05, 3.63) is 65.7 Å². The first-order chi connectivity index (χ1) is 10.3. The van der Waals surface area contributed by atoms with Gasteiger partial charge in [0.15, 0.2) is 0 Å². The number of rotatable bonds is 6. The van der Waals surface area contributed by atoms with Gasteiger partial charge in [0, 0.05) is 18.8 Å². The van der Waals surface area contributed by atoms with Crippen LogP contribution >= 0.6 is 0 Å². The molecule has 0 aliphatic heterocycles. The fourth-order valence-electron chi connectivity index (χ4n) is 3.20. The van der Waals surface area contributed by atoms with Crippen LogP contribution in [0.15, 0.2) is 54.6 Å². The van der Waals surface area contributed by atoms with Crippen molar-refractivity contribution < 1.29 is 0 Å². The molecule has 0 saturated heterocycles. The Morgan fingerprint density at radius 2 is 1.71 bits per heavy atom. The molecule has 3 rings (SSSR count). The van der Waals surface area contributed by atoms with Crippen molar-refractivity contribution in [1.29, 1.82) is 0 Å². The molecular formula is C19H24N2. The van der Waals surface area contributed by atoms with Gasteiger partial charge < -0.3 is 10.6 Å². The van der Waals surface area contributed by atoms with Gasteiger partial charge >= 0.3 is 0 Å². The van der Waals surface area contributed by atoms with Crippen molar-refractivity contribution in [3.8, 4) is 0 Å². The van der Waals surface area contributed by atoms with Crippen LogP contribution < -0.4 is 10.6 Å². The molecule has 0 spiro atoms. The fraction of sp³-hybridized carbons (Fsp3) is 0.368. The van der Waals surface area contributed by atoms with Gasteiger partial charge in [-0.3, -0.25) is 0 Å². The van der Waals surface area contributed by atoms with Gasteiger partial charge in [-0.2, -0.15) is 0 Å². The van der Waals surface area contributed by atoms with Crippen molar-refractivity contribution in [3.63, 3.8) is 0 Å². The highest BCUT2D eigenvalue weighted by molar-refractivity contribution is 5.50. The molecular weight excluding hydrogens is 256 g/mol. The third kappa shape index (κ3) is 2.96. The Kier molecular flexibility index (Phi) is 4.26. The second-order valence-corrected chi connectivity index (χ2v) is 5.78. The van der Waals surface area contributed by atoms with Crippen LogP contribution in [0.4, 0.5) is 5.69 Å². The van der Waals surface area contributed by atoms with Gasteiger partial charge in [0.25, 0.3) is 0 Å². The van der Waals surface area contributed by atoms with Crippen LogP contribution in [0.2, 0.25) is 0 Å². The predicted octanol–water partition coefficient (Wildman–Crippen LogP) is 4.09. The molecule has 2 aromatic carbocycles. The van der Waals surface area contributed by atoms with Gasteiger partial charge in [-0.25, -0.2) is 0 Å². The molecule has 0 aromatic heterocycles. The van der Waals surface area contributed by atoms with Crippen molar-refractivity contribution >= 4 is 5.69 Å². The number of anilines is 1. The summed E-state index contributed by atoms with van der Waals surface area (Å²) in [7, 11) is 0. The van der Waals surface area contributed by atoms with E-state index in [1.807, 2.05) is 0 Å². The quantitative estimate of drug-likeness (QED) is 0.863. The molecule has 1 aliphatic carbocycles. The first-order valence-corrected chi connectivity index (χ1v) is 7.95. The molecule has 0 radical (unpaired) electrons. The van der Waals surface area contributed by atoms with E-state index < -0.39 is 0 Å². The molecule has 2 nitrogen and oxygen atoms in total. The summed E-state index contributed by atoms with van der Waals surface area (Å²) in [4.78, 5) is 2.42. The Hall–Kier alpha value is -1.80. The number of para-hydroxylation sites is 1. The van der Waals surface area contributed by atoms with Gasteiger partial charge in [0.05, 0.1) is 6.04 Å². The lowest BCUT2D eigenvalue weighted by Crippen LogP contribution is -2.34. The lowest BCUT2D eigenvalue weighted by atomic mass is 9.95. The zero-order chi connectivity index (χ0) is 14.7. The van der Waals surface area contributed by atoms with Crippen LogP contribution in [-0.2, 0) is 0 Å². The Balaban J connectivity index is 1.97. The maximum atomic E-state index is 6.17. The average Bonchev–Trinajstić information content (AvgIpc) is 3.38. The van der Waals surface area contributed by atoms with E-state index in [-0.39, 0.29) is 6.04 Å². The minimum atomic E-state index is 0.259. The summed E-state index contributed by atoms with van der Waals surface area (Å²) in [5.74, 6) is 0.754. The lowest BCUT2D eigenvalue weighted by molar-refractivity contribution is 0.637. The molecule has 1 fully saturated rings. The number of likely N-dealkylation sites (N-methyl/N-ethyl adjacent to an activating group) is 1. The number of nitrogens with zero attached hydrogens (tertiary/aromatic N) is 1. The molecule has 1 atom stereocenters. The highest BCUT2D eigenvalue weighted by Crippen LogP contribution is 2.44. The zero-order valence-corrected chi connectivity index (χ0v) is 12.7. The maximum Gasteiger partial charge on any atom is 0.0667 e. The summed E-state index contributed by atoms with van der Waals surface area (Å²) in [6, 6.07) is 19.7. The largest absolute Gasteiger partial charge is 0.363 e. The summed E-state index contributed by atoms with van der Waals surface area (Å²) < 4.78 is 0. The van der Waals surface area contributed by atoms with E-state index in [0.29, 0.717) is 6.54 Å². The molecule has 1 aliphatic rings. The Morgan fingerprint density at radius 1 is 1.05 bits per heavy atom. The van der Waals surface area contributed by atoms with E-state index in [1.165, 1.54) is 29.7 Å². The first kappa shape index (κ1) is 14.2. The standard InChI is InChI=1S/C19H24N2/c1-2-21(16-8-4-3-5-9-16)19(14-20)18-11-7-6-10-17(18)15-12-13-15/h3-11,15,19H,2,12-14,20H2,1H3. The monoisotopic (exact) mass is 280 g/mol. The summed E-state index contributed by atoms with van der Waals surface area (Å²) in [6.45, 7) is 3.81. The lowest BCUT2D eigenvalue weighted by Gasteiger charge is -2.33. The molecule has 2 heteroatoms. The van der Waals surface area contributed by atoms with Crippen LogP contribution in [0.1, 0.15) is 42.9 Å². The molecule has 21 heavy (non-hydrogen) atoms. The summed E-state index contributed by atoms with van der Waals surface area (Å²) >= 11 is 0. The van der Waals surface area contributed by atoms with Crippen molar-refractivity contribution in [2.45, 2.75) is 31.7 Å². The van der Waals surface area contributed by atoms with E-state index in [2.05, 4.69) is 66.4 Å². The normalized spacial score (nSPS) is 15.7. The highest BCUT2D eigenvalue weighted by atomic mass is 15.2. The summed E-state index contributed by atoms with van der Waals surface area (Å²) in [5.41, 5.74) is 10.3. The van der Waals surface area contributed by atoms with Crippen LogP contribution in [0, 0.1) is 0 Å². The Bertz CT molecular complexity index is 575. The van der Waals surface area contributed by atoms with Crippen molar-refractivity contribution in [2.24, 2.45) is 5.73 Å². The van der Waals surface area contributed by atoms with Crippen molar-refractivity contribution in [2.75, 3.05) is 18.0 Å². The van der Waals surface area contributed by atoms with E-state index in [0.717, 1.165) is 12.5 Å². The van der Waals surface area contributed by atoms with E-state index >= 15 is 0 Å². The SMILES string of the molecule is CCN(c1ccccc1)C(CN)c1ccccc1C1CC1. The van der Waals surface area contributed by atoms with Crippen LogP contribution in [-0.4, -0.2) is 13.1 Å². The molecule has 1 saturated carbocycles. The van der Waals surface area contributed by atoms with Crippen LogP contribution in [0.25, 0.3) is 0 Å². The number of benzene rings is 2. The Morgan fingerprint density at radius 3 is 2.33 bits per heavy atom. The molecule has 0 bridgehead atoms. The molecule has 0 amide bonds. The second-order valence-electron chi connectivity index (χ2n) is 5.78. The van der Waals surface area contributed by atoms with Gasteiger partial charge in [-0.05, 0) is 48.9 Å². The number of nitrogens with two attached hydrogens (primary N) is 1. The zero-order valence-electron chi connectivity index (χ0n) is 12.7. The maximum absolute atomic E-state index is 6.17. The third-order valence-electron chi connectivity index (χ3n) is 4.40. The average molecular weight is 280 g/mol. The Labute approximate surface area is 127 Å². The van der Waals surface area contributed by atoms with Gasteiger partial charge in [-0.15, -0.1) is 0 Å². The summed E-state index contributed by atoms with van der Waals surface area (Å²) in [6.07, 6.45) is 2.65. The van der Waals surface area contributed by atoms with Gasteiger partial charge in [-0.1, -0.05) is 42.5 Å². The van der Waals surface area contributed by atoms with Crippen molar-refractivity contribution in [1.82, 2.24) is 0 Å². The minimum Gasteiger partial charge on any atom is -0.363 e. The molecule has 0 heterocycles. The molecule has 2 N–H and O–H groups in total. The van der Waals surface area contributed by atoms with Gasteiger partial charge in [0.1, 0.15) is 0 Å². The highest BCUT2D eigenvalue weighted by Gasteiger charge is 2.29. The smallest absolute Gasteiger partial charge is 0.0667 e. The van der Waals surface area contributed by atoms with Gasteiger partial charge in [0.2, 0.25) is 0 Å². The van der Waals surface area contributed by atoms with E-state index in [1.54, 1.807) is 0 Å². The van der Waals surface area contributed by atoms with E-state index in [9.17, 15) is 0 Å². The van der Waals surface area contributed by atoms with E-state index in [4.69, 9.17) is 5.73 Å². The first-order valence-electron chi connectivity index (χ1n) is 7.95. The second kappa shape index (κ2) is 6.31. The molecule has 2 aromatic rings. The van der Waals surface area contributed by atoms with Crippen LogP contribution in [0.5, 0.6) is 0 Å². The molecule has 1 unspecified atom stereocenters. The fourth-order valence-corrected chi connectivity index (χ4v) is 3.20. The topological polar surface area (TPSA) is 29.3 Å². The van der Waals surface area contributed by atoms with Crippen LogP contribution in [0.3, 0.4) is 0 Å². The molecule has 110 valence electrons. The minimum absolute atomic E-state index is 0.259. The number of hydrogen-bond donors (Lipinski definition) is 1. The predicted molar refractivity (Wildman–Crippen MR) is 89.7 cm³/mol. The summed E-state index contributed by atoms with van der Waals surface area (Å²) in [5, 5.41) is 0. The third-order valence-corrected chi connectivity index (χ3v) is 4.40.